The summed E-state index contributed by atoms with van der Waals surface area (Å²) in [6.07, 6.45) is 8.65. The third kappa shape index (κ3) is 2.88. The summed E-state index contributed by atoms with van der Waals surface area (Å²) in [6, 6.07) is 0. The molecule has 5 nitrogen and oxygen atoms in total. The van der Waals surface area contributed by atoms with Gasteiger partial charge in [-0.05, 0) is 92.3 Å². The molecule has 0 radical (unpaired) electrons. The Hall–Kier alpha value is -0.170. The Morgan fingerprint density at radius 1 is 0.920 bits per heavy atom. The van der Waals surface area contributed by atoms with Crippen LogP contribution in [0.5, 0.6) is 0 Å². The average Bonchev–Trinajstić information content (AvgIpc) is 2.82. The topological polar surface area (TPSA) is 83.8 Å². The van der Waals surface area contributed by atoms with Gasteiger partial charge in [-0.25, -0.2) is 4.18 Å². The van der Waals surface area contributed by atoms with E-state index in [9.17, 15) is 13.5 Å². The van der Waals surface area contributed by atoms with Gasteiger partial charge in [-0.1, -0.05) is 13.8 Å². The number of aliphatic hydroxyl groups is 1. The zero-order valence-corrected chi connectivity index (χ0v) is 16.2. The van der Waals surface area contributed by atoms with Gasteiger partial charge in [-0.15, -0.1) is 0 Å². The minimum absolute atomic E-state index is 0.107. The summed E-state index contributed by atoms with van der Waals surface area (Å²) in [5.41, 5.74) is 0.354. The summed E-state index contributed by atoms with van der Waals surface area (Å²) in [5.74, 6) is 2.51. The first-order valence-electron chi connectivity index (χ1n) is 9.97. The zero-order valence-electron chi connectivity index (χ0n) is 15.4. The van der Waals surface area contributed by atoms with Gasteiger partial charge < -0.3 is 5.11 Å². The third-order valence-electron chi connectivity index (χ3n) is 8.83. The molecule has 6 heteroatoms. The van der Waals surface area contributed by atoms with Gasteiger partial charge in [-0.2, -0.15) is 8.42 Å². The van der Waals surface area contributed by atoms with Crippen LogP contribution in [0.25, 0.3) is 0 Å². The van der Waals surface area contributed by atoms with Gasteiger partial charge in [0.05, 0.1) is 12.2 Å². The predicted octanol–water partition coefficient (Wildman–Crippen LogP) is 3.58. The largest absolute Gasteiger partial charge is 0.397 e. The van der Waals surface area contributed by atoms with E-state index in [2.05, 4.69) is 13.8 Å². The number of hydrogen-bond donors (Lipinski definition) is 2. The monoisotopic (exact) mass is 372 g/mol. The van der Waals surface area contributed by atoms with Crippen LogP contribution in [0.15, 0.2) is 0 Å². The lowest BCUT2D eigenvalue weighted by Crippen LogP contribution is -2.54. The molecule has 4 aliphatic rings. The molecule has 0 amide bonds. The Kier molecular flexibility index (Phi) is 4.31. The SMILES string of the molecule is C[C@]12CC[C@H]3[C@@H](CCC4C[C@H](OS(=O)(=O)O)CC[C@@]43C)[C@@H]1CC[C@H]2O. The standard InChI is InChI=1S/C19H32O5S/c1-18-9-7-13(24-25(21,22)23)11-12(18)3-4-14-15-5-6-17(20)19(15,2)10-8-16(14)18/h12-17,20H,3-11H2,1-2H3,(H,21,22,23)/t12?,13-,14+,15+,16+,17-,18+,19+/m1/s1. The van der Waals surface area contributed by atoms with Crippen LogP contribution < -0.4 is 0 Å². The lowest BCUT2D eigenvalue weighted by molar-refractivity contribution is -0.131. The van der Waals surface area contributed by atoms with E-state index in [-0.39, 0.29) is 23.0 Å². The second-order valence-electron chi connectivity index (χ2n) is 9.71. The second kappa shape index (κ2) is 5.91. The molecule has 4 rings (SSSR count). The van der Waals surface area contributed by atoms with E-state index in [0.717, 1.165) is 38.5 Å². The lowest BCUT2D eigenvalue weighted by Gasteiger charge is -2.60. The quantitative estimate of drug-likeness (QED) is 0.724. The van der Waals surface area contributed by atoms with Crippen molar-refractivity contribution >= 4 is 10.4 Å². The van der Waals surface area contributed by atoms with Gasteiger partial charge >= 0.3 is 10.4 Å². The van der Waals surface area contributed by atoms with Crippen molar-refractivity contribution in [2.75, 3.05) is 0 Å². The van der Waals surface area contributed by atoms with E-state index in [1.54, 1.807) is 0 Å². The molecule has 4 fully saturated rings. The van der Waals surface area contributed by atoms with Crippen molar-refractivity contribution in [3.8, 4) is 0 Å². The predicted molar refractivity (Wildman–Crippen MR) is 94.2 cm³/mol. The second-order valence-corrected chi connectivity index (χ2v) is 10.8. The molecule has 0 aromatic carbocycles. The van der Waals surface area contributed by atoms with Crippen LogP contribution in [-0.2, 0) is 14.6 Å². The highest BCUT2D eigenvalue weighted by atomic mass is 32.3. The summed E-state index contributed by atoms with van der Waals surface area (Å²) in [4.78, 5) is 0. The Morgan fingerprint density at radius 2 is 1.60 bits per heavy atom. The molecular formula is C19H32O5S. The summed E-state index contributed by atoms with van der Waals surface area (Å²) in [5, 5.41) is 10.5. The van der Waals surface area contributed by atoms with Crippen LogP contribution in [0.2, 0.25) is 0 Å². The van der Waals surface area contributed by atoms with Crippen molar-refractivity contribution in [2.45, 2.75) is 83.8 Å². The van der Waals surface area contributed by atoms with Crippen molar-refractivity contribution in [2.24, 2.45) is 34.5 Å². The molecule has 144 valence electrons. The molecule has 25 heavy (non-hydrogen) atoms. The maximum absolute atomic E-state index is 11.1. The average molecular weight is 373 g/mol. The molecule has 1 unspecified atom stereocenters. The molecular weight excluding hydrogens is 340 g/mol. The number of fused-ring (bicyclic) bond motifs is 5. The highest BCUT2D eigenvalue weighted by molar-refractivity contribution is 7.80. The maximum Gasteiger partial charge on any atom is 0.397 e. The minimum Gasteiger partial charge on any atom is -0.393 e. The van der Waals surface area contributed by atoms with Gasteiger partial charge in [0.25, 0.3) is 0 Å². The van der Waals surface area contributed by atoms with E-state index in [4.69, 9.17) is 8.74 Å². The number of hydrogen-bond acceptors (Lipinski definition) is 4. The fourth-order valence-electron chi connectivity index (χ4n) is 7.45. The molecule has 0 aromatic heterocycles. The fraction of sp³-hybridized carbons (Fsp3) is 1.00. The zero-order chi connectivity index (χ0) is 18.0. The van der Waals surface area contributed by atoms with Crippen molar-refractivity contribution in [1.82, 2.24) is 0 Å². The van der Waals surface area contributed by atoms with Crippen molar-refractivity contribution in [1.29, 1.82) is 0 Å². The summed E-state index contributed by atoms with van der Waals surface area (Å²) < 4.78 is 36.0. The van der Waals surface area contributed by atoms with Crippen molar-refractivity contribution in [3.63, 3.8) is 0 Å². The molecule has 4 aliphatic carbocycles. The van der Waals surface area contributed by atoms with E-state index < -0.39 is 10.4 Å². The first-order chi connectivity index (χ1) is 11.6. The number of rotatable bonds is 2. The Labute approximate surface area is 151 Å². The summed E-state index contributed by atoms with van der Waals surface area (Å²) in [7, 11) is -4.36. The van der Waals surface area contributed by atoms with Gasteiger partial charge in [-0.3, -0.25) is 4.55 Å². The fourth-order valence-corrected chi connectivity index (χ4v) is 7.97. The van der Waals surface area contributed by atoms with Crippen molar-refractivity contribution in [3.05, 3.63) is 0 Å². The molecule has 8 atom stereocenters. The molecule has 0 spiro atoms. The van der Waals surface area contributed by atoms with Gasteiger partial charge in [0, 0.05) is 0 Å². The molecule has 0 bridgehead atoms. The number of aliphatic hydroxyl groups excluding tert-OH is 1. The minimum atomic E-state index is -4.36. The summed E-state index contributed by atoms with van der Waals surface area (Å²) >= 11 is 0. The van der Waals surface area contributed by atoms with E-state index in [1.807, 2.05) is 0 Å². The summed E-state index contributed by atoms with van der Waals surface area (Å²) in [6.45, 7) is 4.71. The lowest BCUT2D eigenvalue weighted by atomic mass is 9.45. The first-order valence-corrected chi connectivity index (χ1v) is 11.3. The molecule has 2 N–H and O–H groups in total. The maximum atomic E-state index is 11.1. The first kappa shape index (κ1) is 18.2. The van der Waals surface area contributed by atoms with Crippen LogP contribution >= 0.6 is 0 Å². The highest BCUT2D eigenvalue weighted by Gasteiger charge is 2.60. The normalized spacial score (nSPS) is 53.0. The third-order valence-corrected chi connectivity index (χ3v) is 9.34. The molecule has 0 heterocycles. The van der Waals surface area contributed by atoms with Gasteiger partial charge in [0.2, 0.25) is 0 Å². The van der Waals surface area contributed by atoms with Crippen LogP contribution in [0.3, 0.4) is 0 Å². The van der Waals surface area contributed by atoms with Gasteiger partial charge in [0.1, 0.15) is 0 Å². The van der Waals surface area contributed by atoms with E-state index in [1.165, 1.54) is 12.8 Å². The van der Waals surface area contributed by atoms with Gasteiger partial charge in [0.15, 0.2) is 0 Å². The van der Waals surface area contributed by atoms with Crippen LogP contribution in [-0.4, -0.2) is 30.3 Å². The highest BCUT2D eigenvalue weighted by Crippen LogP contribution is 2.66. The van der Waals surface area contributed by atoms with Crippen LogP contribution in [0, 0.1) is 34.5 Å². The smallest absolute Gasteiger partial charge is 0.393 e. The molecule has 0 aliphatic heterocycles. The van der Waals surface area contributed by atoms with Crippen LogP contribution in [0.1, 0.15) is 71.6 Å². The van der Waals surface area contributed by atoms with Crippen molar-refractivity contribution < 1.29 is 22.3 Å². The Balaban J connectivity index is 1.53. The Morgan fingerprint density at radius 3 is 2.32 bits per heavy atom. The molecule has 4 saturated carbocycles. The van der Waals surface area contributed by atoms with E-state index >= 15 is 0 Å². The van der Waals surface area contributed by atoms with E-state index in [0.29, 0.717) is 30.1 Å². The molecule has 0 saturated heterocycles. The molecule has 0 aromatic rings. The van der Waals surface area contributed by atoms with Crippen LogP contribution in [0.4, 0.5) is 0 Å². The Bertz CT molecular complexity index is 634.